The van der Waals surface area contributed by atoms with Crippen LogP contribution in [0.15, 0.2) is 24.3 Å². The van der Waals surface area contributed by atoms with Gasteiger partial charge in [0.2, 0.25) is 0 Å². The van der Waals surface area contributed by atoms with E-state index in [0.717, 1.165) is 24.3 Å². The highest BCUT2D eigenvalue weighted by molar-refractivity contribution is 7.85. The maximum absolute atomic E-state index is 11.2. The van der Waals surface area contributed by atoms with Crippen molar-refractivity contribution >= 4 is 16.8 Å². The lowest BCUT2D eigenvalue weighted by molar-refractivity contribution is 0.0696. The molecule has 6 heteroatoms. The first kappa shape index (κ1) is 15.0. The minimum absolute atomic E-state index is 0.227. The van der Waals surface area contributed by atoms with Crippen LogP contribution in [0.5, 0.6) is 5.75 Å². The third-order valence-electron chi connectivity index (χ3n) is 3.27. The summed E-state index contributed by atoms with van der Waals surface area (Å²) in [5, 5.41) is 12.3. The number of rotatable bonds is 6. The second kappa shape index (κ2) is 7.40. The van der Waals surface area contributed by atoms with Crippen LogP contribution in [0.25, 0.3) is 0 Å². The van der Waals surface area contributed by atoms with E-state index >= 15 is 0 Å². The molecule has 0 radical (unpaired) electrons. The van der Waals surface area contributed by atoms with Crippen molar-refractivity contribution in [2.45, 2.75) is 18.9 Å². The maximum atomic E-state index is 11.2. The molecule has 5 nitrogen and oxygen atoms in total. The van der Waals surface area contributed by atoms with Crippen LogP contribution in [-0.4, -0.2) is 46.0 Å². The average Bonchev–Trinajstić information content (AvgIpc) is 2.46. The van der Waals surface area contributed by atoms with Crippen molar-refractivity contribution in [3.63, 3.8) is 0 Å². The number of aromatic carboxylic acids is 1. The molecule has 0 unspecified atom stereocenters. The Morgan fingerprint density at radius 3 is 2.85 bits per heavy atom. The summed E-state index contributed by atoms with van der Waals surface area (Å²) in [7, 11) is -0.632. The molecule has 1 aromatic carbocycles. The van der Waals surface area contributed by atoms with Gasteiger partial charge in [-0.25, -0.2) is 4.79 Å². The van der Waals surface area contributed by atoms with Gasteiger partial charge in [0.25, 0.3) is 0 Å². The van der Waals surface area contributed by atoms with Crippen LogP contribution in [0, 0.1) is 0 Å². The topological polar surface area (TPSA) is 75.6 Å². The second-order valence-electron chi connectivity index (χ2n) is 4.76. The highest BCUT2D eigenvalue weighted by atomic mass is 32.2. The van der Waals surface area contributed by atoms with Crippen LogP contribution in [0.1, 0.15) is 23.2 Å². The molecule has 0 atom stereocenters. The third-order valence-corrected chi connectivity index (χ3v) is 4.65. The van der Waals surface area contributed by atoms with Crippen LogP contribution in [0.4, 0.5) is 0 Å². The van der Waals surface area contributed by atoms with Crippen molar-refractivity contribution in [1.82, 2.24) is 5.32 Å². The molecular formula is C14H19NO4S. The Hall–Kier alpha value is -1.40. The van der Waals surface area contributed by atoms with Gasteiger partial charge in [-0.3, -0.25) is 4.21 Å². The first-order valence-electron chi connectivity index (χ1n) is 6.69. The normalized spacial score (nSPS) is 22.4. The molecule has 1 aliphatic heterocycles. The fraction of sp³-hybridized carbons (Fsp3) is 0.500. The molecule has 1 heterocycles. The van der Waals surface area contributed by atoms with Gasteiger partial charge in [-0.1, -0.05) is 6.07 Å². The first-order valence-corrected chi connectivity index (χ1v) is 8.18. The molecule has 0 aliphatic carbocycles. The molecule has 1 fully saturated rings. The molecule has 0 amide bonds. The molecular weight excluding hydrogens is 278 g/mol. The number of benzene rings is 1. The van der Waals surface area contributed by atoms with Gasteiger partial charge in [-0.15, -0.1) is 0 Å². The Bertz CT molecular complexity index is 482. The van der Waals surface area contributed by atoms with Gasteiger partial charge in [0.1, 0.15) is 12.4 Å². The molecule has 2 rings (SSSR count). The third kappa shape index (κ3) is 4.61. The Kier molecular flexibility index (Phi) is 5.55. The molecule has 110 valence electrons. The molecule has 20 heavy (non-hydrogen) atoms. The van der Waals surface area contributed by atoms with Gasteiger partial charge in [-0.2, -0.15) is 0 Å². The van der Waals surface area contributed by atoms with E-state index < -0.39 is 16.8 Å². The van der Waals surface area contributed by atoms with Crippen molar-refractivity contribution in [3.05, 3.63) is 29.8 Å². The Morgan fingerprint density at radius 1 is 1.40 bits per heavy atom. The number of ether oxygens (including phenoxy) is 1. The van der Waals surface area contributed by atoms with Crippen LogP contribution in [0.2, 0.25) is 0 Å². The van der Waals surface area contributed by atoms with Crippen LogP contribution in [-0.2, 0) is 10.8 Å². The predicted octanol–water partition coefficient (Wildman–Crippen LogP) is 1.26. The molecule has 1 aromatic rings. The fourth-order valence-corrected chi connectivity index (χ4v) is 3.45. The van der Waals surface area contributed by atoms with E-state index in [1.807, 2.05) is 0 Å². The minimum atomic E-state index is -0.955. The van der Waals surface area contributed by atoms with Gasteiger partial charge >= 0.3 is 5.97 Å². The van der Waals surface area contributed by atoms with E-state index in [1.165, 1.54) is 12.1 Å². The van der Waals surface area contributed by atoms with E-state index in [9.17, 15) is 9.00 Å². The molecule has 1 saturated heterocycles. The number of nitrogens with one attached hydrogen (secondary N) is 1. The average molecular weight is 297 g/mol. The number of hydrogen-bond donors (Lipinski definition) is 2. The zero-order chi connectivity index (χ0) is 14.4. The SMILES string of the molecule is O=C(O)c1cccc(OCCNC2CCS(=O)CC2)c1. The van der Waals surface area contributed by atoms with E-state index in [1.54, 1.807) is 12.1 Å². The van der Waals surface area contributed by atoms with Gasteiger partial charge in [0.05, 0.1) is 5.56 Å². The lowest BCUT2D eigenvalue weighted by Gasteiger charge is -2.22. The lowest BCUT2D eigenvalue weighted by Crippen LogP contribution is -2.37. The molecule has 2 N–H and O–H groups in total. The van der Waals surface area contributed by atoms with Crippen molar-refractivity contribution in [2.75, 3.05) is 24.7 Å². The van der Waals surface area contributed by atoms with Crippen molar-refractivity contribution in [1.29, 1.82) is 0 Å². The van der Waals surface area contributed by atoms with Crippen molar-refractivity contribution in [3.8, 4) is 5.75 Å². The van der Waals surface area contributed by atoms with Gasteiger partial charge in [0, 0.05) is 34.9 Å². The number of carbonyl (C=O) groups is 1. The van der Waals surface area contributed by atoms with Gasteiger partial charge in [0.15, 0.2) is 0 Å². The summed E-state index contributed by atoms with van der Waals surface area (Å²) in [5.74, 6) is 1.17. The van der Waals surface area contributed by atoms with Crippen LogP contribution in [0.3, 0.4) is 0 Å². The fourth-order valence-electron chi connectivity index (χ4n) is 2.15. The Morgan fingerprint density at radius 2 is 2.15 bits per heavy atom. The summed E-state index contributed by atoms with van der Waals surface area (Å²) >= 11 is 0. The highest BCUT2D eigenvalue weighted by Crippen LogP contribution is 2.13. The molecule has 0 aromatic heterocycles. The molecule has 0 spiro atoms. The highest BCUT2D eigenvalue weighted by Gasteiger charge is 2.16. The molecule has 0 bridgehead atoms. The van der Waals surface area contributed by atoms with E-state index in [2.05, 4.69) is 5.32 Å². The number of carboxylic acids is 1. The van der Waals surface area contributed by atoms with Crippen molar-refractivity contribution < 1.29 is 18.8 Å². The Balaban J connectivity index is 1.69. The number of hydrogen-bond acceptors (Lipinski definition) is 4. The Labute approximate surface area is 120 Å². The molecule has 0 saturated carbocycles. The summed E-state index contributed by atoms with van der Waals surface area (Å²) < 4.78 is 16.7. The number of carboxylic acid groups (broad SMARTS) is 1. The van der Waals surface area contributed by atoms with E-state index in [4.69, 9.17) is 9.84 Å². The second-order valence-corrected chi connectivity index (χ2v) is 6.45. The summed E-state index contributed by atoms with van der Waals surface area (Å²) in [4.78, 5) is 10.8. The zero-order valence-electron chi connectivity index (χ0n) is 11.2. The standard InChI is InChI=1S/C14H19NO4S/c16-14(17)11-2-1-3-13(10-11)19-7-6-15-12-4-8-20(18)9-5-12/h1-3,10,12,15H,4-9H2,(H,16,17). The van der Waals surface area contributed by atoms with E-state index in [0.29, 0.717) is 24.9 Å². The van der Waals surface area contributed by atoms with Gasteiger partial charge in [-0.05, 0) is 31.0 Å². The van der Waals surface area contributed by atoms with Crippen LogP contribution >= 0.6 is 0 Å². The lowest BCUT2D eigenvalue weighted by atomic mass is 10.1. The maximum Gasteiger partial charge on any atom is 0.335 e. The smallest absolute Gasteiger partial charge is 0.335 e. The predicted molar refractivity (Wildman–Crippen MR) is 77.8 cm³/mol. The largest absolute Gasteiger partial charge is 0.492 e. The molecule has 1 aliphatic rings. The van der Waals surface area contributed by atoms with Crippen LogP contribution < -0.4 is 10.1 Å². The zero-order valence-corrected chi connectivity index (χ0v) is 12.0. The summed E-state index contributed by atoms with van der Waals surface area (Å²) in [6.07, 6.45) is 1.89. The quantitative estimate of drug-likeness (QED) is 0.773. The van der Waals surface area contributed by atoms with Gasteiger partial charge < -0.3 is 15.2 Å². The van der Waals surface area contributed by atoms with E-state index in [-0.39, 0.29) is 5.56 Å². The summed E-state index contributed by atoms with van der Waals surface area (Å²) in [6, 6.07) is 6.89. The summed E-state index contributed by atoms with van der Waals surface area (Å²) in [6.45, 7) is 1.19. The summed E-state index contributed by atoms with van der Waals surface area (Å²) in [5.41, 5.74) is 0.227. The van der Waals surface area contributed by atoms with Crippen molar-refractivity contribution in [2.24, 2.45) is 0 Å². The first-order chi connectivity index (χ1) is 9.65. The monoisotopic (exact) mass is 297 g/mol. The minimum Gasteiger partial charge on any atom is -0.492 e.